The summed E-state index contributed by atoms with van der Waals surface area (Å²) < 4.78 is 5.75. The van der Waals surface area contributed by atoms with E-state index in [1.807, 2.05) is 6.92 Å². The molecule has 0 aliphatic heterocycles. The smallest absolute Gasteiger partial charge is 0.176 e. The lowest BCUT2D eigenvalue weighted by molar-refractivity contribution is -0.0879. The van der Waals surface area contributed by atoms with E-state index in [2.05, 4.69) is 81.0 Å². The zero-order chi connectivity index (χ0) is 29.9. The van der Waals surface area contributed by atoms with Crippen LogP contribution in [0, 0.1) is 23.7 Å². The highest BCUT2D eigenvalue weighted by Gasteiger charge is 2.32. The fourth-order valence-electron chi connectivity index (χ4n) is 7.76. The van der Waals surface area contributed by atoms with E-state index < -0.39 is 6.29 Å². The van der Waals surface area contributed by atoms with Gasteiger partial charge in [0.05, 0.1) is 6.61 Å². The summed E-state index contributed by atoms with van der Waals surface area (Å²) in [5, 5.41) is 10.0. The summed E-state index contributed by atoms with van der Waals surface area (Å²) in [6.07, 6.45) is 16.5. The van der Waals surface area contributed by atoms with Crippen molar-refractivity contribution in [1.29, 1.82) is 0 Å². The van der Waals surface area contributed by atoms with E-state index in [0.29, 0.717) is 18.1 Å². The largest absolute Gasteiger partial charge is 0.364 e. The van der Waals surface area contributed by atoms with Crippen LogP contribution in [-0.2, 0) is 11.2 Å². The fraction of sp³-hybridized carbons (Fsp3) is 0.641. The zero-order valence-electron chi connectivity index (χ0n) is 27.2. The van der Waals surface area contributed by atoms with Crippen molar-refractivity contribution in [3.63, 3.8) is 0 Å². The molecule has 0 aromatic heterocycles. The van der Waals surface area contributed by atoms with Crippen molar-refractivity contribution in [1.82, 2.24) is 4.90 Å². The van der Waals surface area contributed by atoms with Crippen LogP contribution in [0.1, 0.15) is 108 Å². The number of hydrogen-bond donors (Lipinski definition) is 1. The van der Waals surface area contributed by atoms with Gasteiger partial charge in [-0.15, -0.1) is 0 Å². The minimum Gasteiger partial charge on any atom is -0.364 e. The quantitative estimate of drug-likeness (QED) is 0.131. The molecule has 232 valence electrons. The van der Waals surface area contributed by atoms with E-state index in [0.717, 1.165) is 30.2 Å². The fourth-order valence-corrected chi connectivity index (χ4v) is 7.76. The second kappa shape index (κ2) is 16.8. The summed E-state index contributed by atoms with van der Waals surface area (Å²) >= 11 is 0. The van der Waals surface area contributed by atoms with Gasteiger partial charge in [0.15, 0.2) is 6.29 Å². The van der Waals surface area contributed by atoms with Crippen molar-refractivity contribution in [3.8, 4) is 11.1 Å². The van der Waals surface area contributed by atoms with E-state index in [-0.39, 0.29) is 0 Å². The molecular formula is C39H59NO2. The molecule has 0 heterocycles. The zero-order valence-corrected chi connectivity index (χ0v) is 27.2. The number of aliphatic hydroxyl groups excluding tert-OH is 1. The van der Waals surface area contributed by atoms with E-state index >= 15 is 0 Å². The molecule has 4 rings (SSSR count). The normalized spacial score (nSPS) is 24.4. The van der Waals surface area contributed by atoms with Crippen LogP contribution >= 0.6 is 0 Å². The monoisotopic (exact) mass is 573 g/mol. The van der Waals surface area contributed by atoms with Gasteiger partial charge in [-0.3, -0.25) is 0 Å². The topological polar surface area (TPSA) is 32.7 Å². The number of hydrogen-bond acceptors (Lipinski definition) is 3. The first-order chi connectivity index (χ1) is 20.3. The number of nitrogens with zero attached hydrogens (tertiary/aromatic N) is 1. The van der Waals surface area contributed by atoms with Gasteiger partial charge in [0.2, 0.25) is 0 Å². The van der Waals surface area contributed by atoms with Gasteiger partial charge >= 0.3 is 0 Å². The van der Waals surface area contributed by atoms with Crippen molar-refractivity contribution >= 4 is 0 Å². The SMILES string of the molecule is C=C(C)[C@@H](O)OCC(CC1CCC(C2CCC(c3ccc(-c4ccc(CCCCC)cc4)cc3)CC2)CC1)CN(C)C. The summed E-state index contributed by atoms with van der Waals surface area (Å²) in [4.78, 5) is 2.26. The molecule has 2 saturated carbocycles. The Morgan fingerprint density at radius 2 is 1.43 bits per heavy atom. The Bertz CT molecular complexity index is 1040. The summed E-state index contributed by atoms with van der Waals surface area (Å²) in [5.74, 6) is 3.83. The third-order valence-corrected chi connectivity index (χ3v) is 10.3. The summed E-state index contributed by atoms with van der Waals surface area (Å²) in [7, 11) is 4.27. The van der Waals surface area contributed by atoms with Crippen LogP contribution in [0.5, 0.6) is 0 Å². The molecule has 0 spiro atoms. The standard InChI is InChI=1S/C39H59NO2/c1-6-7-8-9-30-10-14-33(15-11-30)35-18-22-37(23-19-35)38-24-20-36(21-25-38)34-16-12-31(13-17-34)26-32(27-40(4)5)28-42-39(41)29(2)3/h10-11,14-15,18-19,22-23,31-32,34,36,38-39,41H,2,6-9,12-13,16-17,20-21,24-28H2,1,3-5H3/t31?,32?,34?,36?,38?,39-/m0/s1. The Balaban J connectivity index is 1.20. The first kappa shape index (κ1) is 33.0. The molecule has 2 atom stereocenters. The highest BCUT2D eigenvalue weighted by Crippen LogP contribution is 2.45. The Morgan fingerprint density at radius 3 is 1.98 bits per heavy atom. The molecular weight excluding hydrogens is 514 g/mol. The second-order valence-electron chi connectivity index (χ2n) is 14.1. The van der Waals surface area contributed by atoms with E-state index in [4.69, 9.17) is 4.74 Å². The molecule has 0 bridgehead atoms. The van der Waals surface area contributed by atoms with Crippen molar-refractivity contribution in [3.05, 3.63) is 71.8 Å². The predicted octanol–water partition coefficient (Wildman–Crippen LogP) is 9.65. The highest BCUT2D eigenvalue weighted by molar-refractivity contribution is 5.64. The van der Waals surface area contributed by atoms with Crippen molar-refractivity contribution in [2.24, 2.45) is 23.7 Å². The van der Waals surface area contributed by atoms with E-state index in [1.54, 1.807) is 5.56 Å². The lowest BCUT2D eigenvalue weighted by Gasteiger charge is -2.39. The van der Waals surface area contributed by atoms with Crippen LogP contribution in [0.3, 0.4) is 0 Å². The van der Waals surface area contributed by atoms with Crippen LogP contribution in [-0.4, -0.2) is 43.5 Å². The third-order valence-electron chi connectivity index (χ3n) is 10.3. The van der Waals surface area contributed by atoms with Gasteiger partial charge in [-0.05, 0) is 136 Å². The molecule has 2 aromatic rings. The molecule has 2 aliphatic rings. The first-order valence-corrected chi connectivity index (χ1v) is 17.1. The third kappa shape index (κ3) is 10.1. The lowest BCUT2D eigenvalue weighted by Crippen LogP contribution is -2.31. The van der Waals surface area contributed by atoms with Crippen LogP contribution < -0.4 is 0 Å². The number of benzene rings is 2. The van der Waals surface area contributed by atoms with Crippen LogP contribution in [0.15, 0.2) is 60.7 Å². The molecule has 2 aromatic carbocycles. The molecule has 2 aliphatic carbocycles. The molecule has 3 nitrogen and oxygen atoms in total. The Kier molecular flexibility index (Phi) is 13.2. The van der Waals surface area contributed by atoms with Crippen molar-refractivity contribution < 1.29 is 9.84 Å². The molecule has 2 fully saturated rings. The number of rotatable bonds is 15. The van der Waals surface area contributed by atoms with Crippen LogP contribution in [0.2, 0.25) is 0 Å². The van der Waals surface area contributed by atoms with Gasteiger partial charge < -0.3 is 14.7 Å². The van der Waals surface area contributed by atoms with E-state index in [9.17, 15) is 5.11 Å². The van der Waals surface area contributed by atoms with Gasteiger partial charge in [-0.2, -0.15) is 0 Å². The predicted molar refractivity (Wildman–Crippen MR) is 179 cm³/mol. The minimum absolute atomic E-state index is 0.465. The Morgan fingerprint density at radius 1 is 0.857 bits per heavy atom. The maximum atomic E-state index is 10.0. The molecule has 3 heteroatoms. The van der Waals surface area contributed by atoms with Gasteiger partial charge in [0.25, 0.3) is 0 Å². The first-order valence-electron chi connectivity index (χ1n) is 17.1. The van der Waals surface area contributed by atoms with Gasteiger partial charge in [-0.1, -0.05) is 87.7 Å². The second-order valence-corrected chi connectivity index (χ2v) is 14.1. The highest BCUT2D eigenvalue weighted by atomic mass is 16.6. The van der Waals surface area contributed by atoms with Gasteiger partial charge in [0, 0.05) is 6.54 Å². The average Bonchev–Trinajstić information content (AvgIpc) is 3.00. The summed E-state index contributed by atoms with van der Waals surface area (Å²) in [6.45, 7) is 9.55. The average molecular weight is 574 g/mol. The molecule has 1 unspecified atom stereocenters. The van der Waals surface area contributed by atoms with E-state index in [1.165, 1.54) is 100 Å². The van der Waals surface area contributed by atoms with Gasteiger partial charge in [0.1, 0.15) is 0 Å². The summed E-state index contributed by atoms with van der Waals surface area (Å²) in [6, 6.07) is 18.8. The number of aliphatic hydroxyl groups is 1. The maximum absolute atomic E-state index is 10.0. The number of unbranched alkanes of at least 4 members (excludes halogenated alkanes) is 2. The number of aryl methyl sites for hydroxylation is 1. The van der Waals surface area contributed by atoms with Crippen molar-refractivity contribution in [2.45, 2.75) is 110 Å². The molecule has 0 saturated heterocycles. The summed E-state index contributed by atoms with van der Waals surface area (Å²) in [5.41, 5.74) is 6.38. The van der Waals surface area contributed by atoms with Crippen LogP contribution in [0.4, 0.5) is 0 Å². The maximum Gasteiger partial charge on any atom is 0.176 e. The minimum atomic E-state index is -0.837. The molecule has 42 heavy (non-hydrogen) atoms. The Labute approximate surface area is 257 Å². The van der Waals surface area contributed by atoms with Crippen molar-refractivity contribution in [2.75, 3.05) is 27.2 Å². The Hall–Kier alpha value is -1.94. The van der Waals surface area contributed by atoms with Gasteiger partial charge in [-0.25, -0.2) is 0 Å². The lowest BCUT2D eigenvalue weighted by atomic mass is 9.67. The molecule has 0 radical (unpaired) electrons. The van der Waals surface area contributed by atoms with Crippen LogP contribution in [0.25, 0.3) is 11.1 Å². The number of ether oxygens (including phenoxy) is 1. The molecule has 0 amide bonds. The molecule has 1 N–H and O–H groups in total.